The van der Waals surface area contributed by atoms with Gasteiger partial charge in [-0.05, 0) is 62.2 Å². The molecule has 1 aromatic carbocycles. The third-order valence-corrected chi connectivity index (χ3v) is 3.80. The van der Waals surface area contributed by atoms with Gasteiger partial charge in [-0.1, -0.05) is 25.1 Å². The smallest absolute Gasteiger partial charge is 0.122 e. The van der Waals surface area contributed by atoms with Gasteiger partial charge in [0.05, 0.1) is 7.11 Å². The molecule has 0 aliphatic heterocycles. The number of methoxy groups -OCH3 is 1. The number of nitrogens with one attached hydrogen (secondary N) is 1. The van der Waals surface area contributed by atoms with Crippen molar-refractivity contribution in [1.29, 1.82) is 0 Å². The Balaban J connectivity index is 1.95. The number of hydrogen-bond acceptors (Lipinski definition) is 2. The van der Waals surface area contributed by atoms with Crippen LogP contribution >= 0.6 is 0 Å². The topological polar surface area (TPSA) is 21.3 Å². The fraction of sp³-hybridized carbons (Fsp3) is 0.625. The standard InChI is InChI=1S/C16H25NO/c1-3-10-17-12-15(13-8-9-13)11-14-6-4-5-7-16(14)18-2/h4-7,13,15,17H,3,8-12H2,1-2H3. The molecule has 2 rings (SSSR count). The Hall–Kier alpha value is -1.02. The summed E-state index contributed by atoms with van der Waals surface area (Å²) in [5, 5.41) is 3.57. The SMILES string of the molecule is CCCNCC(Cc1ccccc1OC)C1CC1. The van der Waals surface area contributed by atoms with Gasteiger partial charge in [-0.25, -0.2) is 0 Å². The summed E-state index contributed by atoms with van der Waals surface area (Å²) < 4.78 is 5.45. The highest BCUT2D eigenvalue weighted by atomic mass is 16.5. The van der Waals surface area contributed by atoms with E-state index in [1.165, 1.54) is 24.8 Å². The van der Waals surface area contributed by atoms with Crippen LogP contribution in [-0.2, 0) is 6.42 Å². The van der Waals surface area contributed by atoms with Crippen LogP contribution in [0.1, 0.15) is 31.7 Å². The van der Waals surface area contributed by atoms with Crippen LogP contribution in [0.5, 0.6) is 5.75 Å². The number of benzene rings is 1. The summed E-state index contributed by atoms with van der Waals surface area (Å²) in [4.78, 5) is 0. The van der Waals surface area contributed by atoms with Crippen LogP contribution in [-0.4, -0.2) is 20.2 Å². The van der Waals surface area contributed by atoms with Crippen LogP contribution in [0.25, 0.3) is 0 Å². The van der Waals surface area contributed by atoms with E-state index in [9.17, 15) is 0 Å². The first-order valence-electron chi connectivity index (χ1n) is 7.17. The molecule has 0 saturated heterocycles. The van der Waals surface area contributed by atoms with Crippen molar-refractivity contribution >= 4 is 0 Å². The highest BCUT2D eigenvalue weighted by Gasteiger charge is 2.31. The van der Waals surface area contributed by atoms with E-state index in [2.05, 4.69) is 30.4 Å². The molecular weight excluding hydrogens is 222 g/mol. The lowest BCUT2D eigenvalue weighted by atomic mass is 9.94. The van der Waals surface area contributed by atoms with Gasteiger partial charge in [0.15, 0.2) is 0 Å². The fourth-order valence-corrected chi connectivity index (χ4v) is 2.59. The minimum atomic E-state index is 0.771. The zero-order valence-corrected chi connectivity index (χ0v) is 11.6. The zero-order valence-electron chi connectivity index (χ0n) is 11.6. The van der Waals surface area contributed by atoms with E-state index in [1.807, 2.05) is 6.07 Å². The number of para-hydroxylation sites is 1. The van der Waals surface area contributed by atoms with Crippen LogP contribution in [0.15, 0.2) is 24.3 Å². The van der Waals surface area contributed by atoms with Crippen molar-refractivity contribution in [3.05, 3.63) is 29.8 Å². The van der Waals surface area contributed by atoms with Crippen molar-refractivity contribution in [2.75, 3.05) is 20.2 Å². The minimum Gasteiger partial charge on any atom is -0.496 e. The summed E-state index contributed by atoms with van der Waals surface area (Å²) in [6, 6.07) is 8.43. The van der Waals surface area contributed by atoms with Crippen LogP contribution in [0, 0.1) is 11.8 Å². The van der Waals surface area contributed by atoms with E-state index >= 15 is 0 Å². The van der Waals surface area contributed by atoms with Gasteiger partial charge in [0.2, 0.25) is 0 Å². The average molecular weight is 247 g/mol. The Morgan fingerprint density at radius 2 is 2.11 bits per heavy atom. The van der Waals surface area contributed by atoms with E-state index in [4.69, 9.17) is 4.74 Å². The Kier molecular flexibility index (Phi) is 5.06. The van der Waals surface area contributed by atoms with Crippen molar-refractivity contribution in [2.45, 2.75) is 32.6 Å². The highest BCUT2D eigenvalue weighted by Crippen LogP contribution is 2.39. The first-order chi connectivity index (χ1) is 8.85. The molecule has 1 atom stereocenters. The lowest BCUT2D eigenvalue weighted by molar-refractivity contribution is 0.389. The second kappa shape index (κ2) is 6.79. The molecule has 1 N–H and O–H groups in total. The normalized spacial score (nSPS) is 16.6. The van der Waals surface area contributed by atoms with Crippen molar-refractivity contribution in [1.82, 2.24) is 5.32 Å². The first-order valence-corrected chi connectivity index (χ1v) is 7.17. The fourth-order valence-electron chi connectivity index (χ4n) is 2.59. The summed E-state index contributed by atoms with van der Waals surface area (Å²) in [5.74, 6) is 2.74. The van der Waals surface area contributed by atoms with Crippen LogP contribution in [0.4, 0.5) is 0 Å². The van der Waals surface area contributed by atoms with Gasteiger partial charge < -0.3 is 10.1 Å². The van der Waals surface area contributed by atoms with E-state index in [-0.39, 0.29) is 0 Å². The summed E-state index contributed by atoms with van der Waals surface area (Å²) in [7, 11) is 1.76. The molecule has 0 radical (unpaired) electrons. The predicted octanol–water partition coefficient (Wildman–Crippen LogP) is 3.26. The lowest BCUT2D eigenvalue weighted by Gasteiger charge is -2.18. The molecule has 0 bridgehead atoms. The van der Waals surface area contributed by atoms with Gasteiger partial charge in [-0.15, -0.1) is 0 Å². The molecule has 100 valence electrons. The third-order valence-electron chi connectivity index (χ3n) is 3.80. The molecule has 1 aliphatic carbocycles. The molecule has 1 aromatic rings. The molecule has 1 aliphatic rings. The van der Waals surface area contributed by atoms with E-state index in [1.54, 1.807) is 7.11 Å². The lowest BCUT2D eigenvalue weighted by Crippen LogP contribution is -2.26. The van der Waals surface area contributed by atoms with Gasteiger partial charge in [0.25, 0.3) is 0 Å². The molecule has 0 spiro atoms. The Labute approximate surface area is 111 Å². The van der Waals surface area contributed by atoms with E-state index < -0.39 is 0 Å². The van der Waals surface area contributed by atoms with Crippen LogP contribution in [0.2, 0.25) is 0 Å². The van der Waals surface area contributed by atoms with Crippen molar-refractivity contribution in [3.8, 4) is 5.75 Å². The maximum absolute atomic E-state index is 5.45. The second-order valence-corrected chi connectivity index (χ2v) is 5.32. The van der Waals surface area contributed by atoms with Gasteiger partial charge >= 0.3 is 0 Å². The maximum Gasteiger partial charge on any atom is 0.122 e. The van der Waals surface area contributed by atoms with Gasteiger partial charge in [0, 0.05) is 0 Å². The summed E-state index contributed by atoms with van der Waals surface area (Å²) in [6.45, 7) is 4.51. The number of rotatable bonds is 8. The average Bonchev–Trinajstić information content (AvgIpc) is 3.23. The van der Waals surface area contributed by atoms with E-state index in [0.717, 1.165) is 37.1 Å². The molecule has 18 heavy (non-hydrogen) atoms. The maximum atomic E-state index is 5.45. The predicted molar refractivity (Wildman–Crippen MR) is 76.1 cm³/mol. The monoisotopic (exact) mass is 247 g/mol. The molecule has 2 heteroatoms. The van der Waals surface area contributed by atoms with Gasteiger partial charge in [0.1, 0.15) is 5.75 Å². The number of ether oxygens (including phenoxy) is 1. The zero-order chi connectivity index (χ0) is 12.8. The molecule has 0 amide bonds. The molecule has 2 nitrogen and oxygen atoms in total. The molecule has 1 fully saturated rings. The summed E-state index contributed by atoms with van der Waals surface area (Å²) in [5.41, 5.74) is 1.36. The quantitative estimate of drug-likeness (QED) is 0.712. The van der Waals surface area contributed by atoms with Gasteiger partial charge in [-0.3, -0.25) is 0 Å². The first kappa shape index (κ1) is 13.4. The summed E-state index contributed by atoms with van der Waals surface area (Å²) >= 11 is 0. The molecule has 0 aromatic heterocycles. The van der Waals surface area contributed by atoms with Crippen molar-refractivity contribution in [2.24, 2.45) is 11.8 Å². The Morgan fingerprint density at radius 1 is 1.33 bits per heavy atom. The van der Waals surface area contributed by atoms with Crippen molar-refractivity contribution in [3.63, 3.8) is 0 Å². The minimum absolute atomic E-state index is 0.771. The largest absolute Gasteiger partial charge is 0.496 e. The van der Waals surface area contributed by atoms with E-state index in [0.29, 0.717) is 0 Å². The third kappa shape index (κ3) is 3.74. The summed E-state index contributed by atoms with van der Waals surface area (Å²) in [6.07, 6.45) is 5.18. The molecular formula is C16H25NO. The second-order valence-electron chi connectivity index (χ2n) is 5.32. The molecule has 0 heterocycles. The van der Waals surface area contributed by atoms with Crippen LogP contribution < -0.4 is 10.1 Å². The Bertz CT molecular complexity index is 360. The molecule has 1 saturated carbocycles. The highest BCUT2D eigenvalue weighted by molar-refractivity contribution is 5.33. The van der Waals surface area contributed by atoms with Gasteiger partial charge in [-0.2, -0.15) is 0 Å². The van der Waals surface area contributed by atoms with Crippen LogP contribution in [0.3, 0.4) is 0 Å². The van der Waals surface area contributed by atoms with Crippen molar-refractivity contribution < 1.29 is 4.74 Å². The number of hydrogen-bond donors (Lipinski definition) is 1. The molecule has 1 unspecified atom stereocenters. The Morgan fingerprint density at radius 3 is 2.78 bits per heavy atom.